The first-order valence-corrected chi connectivity index (χ1v) is 9.32. The number of nitrogens with zero attached hydrogens (tertiary/aromatic N) is 1. The number of hydrogen-bond acceptors (Lipinski definition) is 5. The molecule has 2 aromatic carbocycles. The predicted octanol–water partition coefficient (Wildman–Crippen LogP) is 1.10. The van der Waals surface area contributed by atoms with E-state index in [0.29, 0.717) is 18.9 Å². The lowest BCUT2D eigenvalue weighted by atomic mass is 9.98. The van der Waals surface area contributed by atoms with Gasteiger partial charge in [0, 0.05) is 18.3 Å². The Bertz CT molecular complexity index is 806. The van der Waals surface area contributed by atoms with E-state index >= 15 is 0 Å². The Labute approximate surface area is 142 Å². The average molecular weight is 347 g/mol. The third-order valence-electron chi connectivity index (χ3n) is 4.05. The second-order valence-electron chi connectivity index (χ2n) is 5.90. The van der Waals surface area contributed by atoms with Gasteiger partial charge in [0.1, 0.15) is 12.4 Å². The summed E-state index contributed by atoms with van der Waals surface area (Å²) in [6.45, 7) is 1.99. The number of rotatable bonds is 5. The summed E-state index contributed by atoms with van der Waals surface area (Å²) < 4.78 is 28.2. The molecule has 2 aromatic rings. The number of ether oxygens (including phenoxy) is 1. The fraction of sp³-hybridized carbons (Fsp3) is 0.294. The van der Waals surface area contributed by atoms with Crippen LogP contribution in [0.2, 0.25) is 0 Å². The minimum atomic E-state index is -3.67. The minimum absolute atomic E-state index is 0.0748. The molecule has 3 rings (SSSR count). The van der Waals surface area contributed by atoms with Crippen LogP contribution in [0.1, 0.15) is 5.56 Å². The van der Waals surface area contributed by atoms with Crippen LogP contribution in [0.3, 0.4) is 0 Å². The Kier molecular flexibility index (Phi) is 4.75. The molecule has 0 bridgehead atoms. The summed E-state index contributed by atoms with van der Waals surface area (Å²) in [5.74, 6) is 0.608. The first kappa shape index (κ1) is 16.8. The zero-order chi connectivity index (χ0) is 17.2. The SMILES string of the molecule is NC1Cc2ccccc2N(CCOc2ccc(S(N)(=O)=O)cc2)C1. The Hall–Kier alpha value is -2.09. The summed E-state index contributed by atoms with van der Waals surface area (Å²) in [6.07, 6.45) is 0.891. The number of nitrogens with two attached hydrogens (primary N) is 2. The number of anilines is 1. The second kappa shape index (κ2) is 6.80. The van der Waals surface area contributed by atoms with E-state index in [-0.39, 0.29) is 10.9 Å². The molecular formula is C17H21N3O3S. The van der Waals surface area contributed by atoms with Crippen molar-refractivity contribution < 1.29 is 13.2 Å². The standard InChI is InChI=1S/C17H21N3O3S/c18-14-11-13-3-1-2-4-17(13)20(12-14)9-10-23-15-5-7-16(8-6-15)24(19,21)22/h1-8,14H,9-12,18H2,(H2,19,21,22). The fourth-order valence-corrected chi connectivity index (χ4v) is 3.45. The molecule has 0 amide bonds. The molecule has 0 aliphatic carbocycles. The lowest BCUT2D eigenvalue weighted by molar-refractivity contribution is 0.321. The van der Waals surface area contributed by atoms with Crippen LogP contribution in [0.15, 0.2) is 53.4 Å². The van der Waals surface area contributed by atoms with Crippen molar-refractivity contribution in [2.24, 2.45) is 10.9 Å². The van der Waals surface area contributed by atoms with E-state index in [1.807, 2.05) is 12.1 Å². The smallest absolute Gasteiger partial charge is 0.238 e. The van der Waals surface area contributed by atoms with Gasteiger partial charge in [-0.3, -0.25) is 0 Å². The van der Waals surface area contributed by atoms with Crippen LogP contribution >= 0.6 is 0 Å². The Morgan fingerprint density at radius 2 is 1.83 bits per heavy atom. The zero-order valence-corrected chi connectivity index (χ0v) is 14.1. The van der Waals surface area contributed by atoms with Gasteiger partial charge in [0.05, 0.1) is 11.4 Å². The van der Waals surface area contributed by atoms with Gasteiger partial charge in [0.2, 0.25) is 10.0 Å². The molecule has 1 unspecified atom stereocenters. The summed E-state index contributed by atoms with van der Waals surface area (Å²) in [5, 5.41) is 5.08. The van der Waals surface area contributed by atoms with Gasteiger partial charge in [0.15, 0.2) is 0 Å². The highest BCUT2D eigenvalue weighted by molar-refractivity contribution is 7.89. The molecule has 0 radical (unpaired) electrons. The van der Waals surface area contributed by atoms with E-state index in [0.717, 1.165) is 13.0 Å². The van der Waals surface area contributed by atoms with Gasteiger partial charge in [0.25, 0.3) is 0 Å². The van der Waals surface area contributed by atoms with Crippen molar-refractivity contribution in [1.29, 1.82) is 0 Å². The van der Waals surface area contributed by atoms with Crippen molar-refractivity contribution in [3.8, 4) is 5.75 Å². The molecule has 4 N–H and O–H groups in total. The molecule has 0 saturated carbocycles. The summed E-state index contributed by atoms with van der Waals surface area (Å²) in [4.78, 5) is 2.30. The van der Waals surface area contributed by atoms with Crippen LogP contribution in [0, 0.1) is 0 Å². The zero-order valence-electron chi connectivity index (χ0n) is 13.3. The van der Waals surface area contributed by atoms with E-state index in [4.69, 9.17) is 15.6 Å². The number of benzene rings is 2. The number of sulfonamides is 1. The summed E-state index contributed by atoms with van der Waals surface area (Å²) in [7, 11) is -3.67. The molecule has 0 saturated heterocycles. The largest absolute Gasteiger partial charge is 0.492 e. The fourth-order valence-electron chi connectivity index (χ4n) is 2.93. The van der Waals surface area contributed by atoms with Gasteiger partial charge < -0.3 is 15.4 Å². The lowest BCUT2D eigenvalue weighted by Crippen LogP contribution is -2.44. The van der Waals surface area contributed by atoms with Gasteiger partial charge >= 0.3 is 0 Å². The highest BCUT2D eigenvalue weighted by atomic mass is 32.2. The Morgan fingerprint density at radius 1 is 1.12 bits per heavy atom. The molecule has 1 atom stereocenters. The second-order valence-corrected chi connectivity index (χ2v) is 7.47. The number of fused-ring (bicyclic) bond motifs is 1. The van der Waals surface area contributed by atoms with Crippen molar-refractivity contribution in [2.75, 3.05) is 24.6 Å². The van der Waals surface area contributed by atoms with Crippen molar-refractivity contribution in [2.45, 2.75) is 17.4 Å². The maximum Gasteiger partial charge on any atom is 0.238 e. The summed E-state index contributed by atoms with van der Waals surface area (Å²) in [6, 6.07) is 14.5. The molecule has 1 heterocycles. The molecule has 0 fully saturated rings. The highest BCUT2D eigenvalue weighted by Gasteiger charge is 2.21. The van der Waals surface area contributed by atoms with Crippen molar-refractivity contribution in [3.63, 3.8) is 0 Å². The lowest BCUT2D eigenvalue weighted by Gasteiger charge is -2.34. The number of primary sulfonamides is 1. The molecule has 1 aliphatic rings. The average Bonchev–Trinajstić information content (AvgIpc) is 2.54. The quantitative estimate of drug-likeness (QED) is 0.844. The van der Waals surface area contributed by atoms with Gasteiger partial charge in [-0.15, -0.1) is 0 Å². The molecule has 128 valence electrons. The van der Waals surface area contributed by atoms with E-state index < -0.39 is 10.0 Å². The molecule has 7 heteroatoms. The maximum absolute atomic E-state index is 11.2. The summed E-state index contributed by atoms with van der Waals surface area (Å²) >= 11 is 0. The van der Waals surface area contributed by atoms with E-state index in [1.54, 1.807) is 12.1 Å². The third kappa shape index (κ3) is 3.87. The van der Waals surface area contributed by atoms with Crippen LogP contribution in [0.4, 0.5) is 5.69 Å². The Morgan fingerprint density at radius 3 is 2.54 bits per heavy atom. The highest BCUT2D eigenvalue weighted by Crippen LogP contribution is 2.26. The van der Waals surface area contributed by atoms with E-state index in [2.05, 4.69) is 17.0 Å². The Balaban J connectivity index is 1.61. The van der Waals surface area contributed by atoms with Crippen molar-refractivity contribution >= 4 is 15.7 Å². The van der Waals surface area contributed by atoms with Crippen LogP contribution in [-0.4, -0.2) is 34.2 Å². The van der Waals surface area contributed by atoms with E-state index in [1.165, 1.54) is 23.4 Å². The van der Waals surface area contributed by atoms with Gasteiger partial charge in [-0.05, 0) is 42.3 Å². The minimum Gasteiger partial charge on any atom is -0.492 e. The molecule has 0 aromatic heterocycles. The van der Waals surface area contributed by atoms with Gasteiger partial charge in [-0.25, -0.2) is 13.6 Å². The normalized spacial score (nSPS) is 17.4. The van der Waals surface area contributed by atoms with Gasteiger partial charge in [-0.1, -0.05) is 18.2 Å². The van der Waals surface area contributed by atoms with Crippen LogP contribution in [0.5, 0.6) is 5.75 Å². The molecule has 1 aliphatic heterocycles. The van der Waals surface area contributed by atoms with Crippen molar-refractivity contribution in [3.05, 3.63) is 54.1 Å². The predicted molar refractivity (Wildman–Crippen MR) is 93.6 cm³/mol. The molecule has 6 nitrogen and oxygen atoms in total. The first-order valence-electron chi connectivity index (χ1n) is 7.77. The topological polar surface area (TPSA) is 98.6 Å². The van der Waals surface area contributed by atoms with Crippen molar-refractivity contribution in [1.82, 2.24) is 0 Å². The molecule has 0 spiro atoms. The summed E-state index contributed by atoms with van der Waals surface area (Å²) in [5.41, 5.74) is 8.59. The molecular weight excluding hydrogens is 326 g/mol. The van der Waals surface area contributed by atoms with Gasteiger partial charge in [-0.2, -0.15) is 0 Å². The maximum atomic E-state index is 11.2. The first-order chi connectivity index (χ1) is 11.4. The molecule has 24 heavy (non-hydrogen) atoms. The number of para-hydroxylation sites is 1. The van der Waals surface area contributed by atoms with Crippen LogP contribution in [0.25, 0.3) is 0 Å². The number of hydrogen-bond donors (Lipinski definition) is 2. The van der Waals surface area contributed by atoms with Crippen LogP contribution in [-0.2, 0) is 16.4 Å². The van der Waals surface area contributed by atoms with Crippen LogP contribution < -0.4 is 20.5 Å². The van der Waals surface area contributed by atoms with E-state index in [9.17, 15) is 8.42 Å². The monoisotopic (exact) mass is 347 g/mol. The third-order valence-corrected chi connectivity index (χ3v) is 4.98.